The maximum Gasteiger partial charge on any atom is 0.234 e. The van der Waals surface area contributed by atoms with Crippen LogP contribution in [0.15, 0.2) is 22.7 Å². The fraction of sp³-hybridized carbons (Fsp3) is 0.333. The van der Waals surface area contributed by atoms with Gasteiger partial charge in [-0.25, -0.2) is 12.8 Å². The van der Waals surface area contributed by atoms with E-state index in [9.17, 15) is 12.8 Å². The van der Waals surface area contributed by atoms with Crippen molar-refractivity contribution in [3.8, 4) is 0 Å². The Morgan fingerprint density at radius 1 is 1.50 bits per heavy atom. The van der Waals surface area contributed by atoms with Crippen molar-refractivity contribution in [3.05, 3.63) is 28.5 Å². The number of methoxy groups -OCH3 is 1. The SMILES string of the molecule is COCCS(=O)(=O)Nc1ccc(F)c(Br)c1. The molecule has 0 amide bonds. The van der Waals surface area contributed by atoms with Crippen molar-refractivity contribution in [2.24, 2.45) is 0 Å². The summed E-state index contributed by atoms with van der Waals surface area (Å²) < 4.78 is 43.0. The molecule has 0 atom stereocenters. The van der Waals surface area contributed by atoms with Gasteiger partial charge in [0.1, 0.15) is 5.82 Å². The third-order valence-corrected chi connectivity index (χ3v) is 3.61. The Balaban J connectivity index is 2.76. The third-order valence-electron chi connectivity index (χ3n) is 1.75. The van der Waals surface area contributed by atoms with Crippen molar-refractivity contribution in [1.82, 2.24) is 0 Å². The molecule has 0 bridgehead atoms. The number of benzene rings is 1. The molecule has 1 aromatic rings. The highest BCUT2D eigenvalue weighted by Gasteiger charge is 2.10. The average molecular weight is 312 g/mol. The van der Waals surface area contributed by atoms with E-state index in [2.05, 4.69) is 25.4 Å². The lowest BCUT2D eigenvalue weighted by Crippen LogP contribution is -2.19. The van der Waals surface area contributed by atoms with Crippen molar-refractivity contribution in [1.29, 1.82) is 0 Å². The van der Waals surface area contributed by atoms with Gasteiger partial charge in [-0.3, -0.25) is 4.72 Å². The van der Waals surface area contributed by atoms with Crippen LogP contribution in [-0.2, 0) is 14.8 Å². The minimum Gasteiger partial charge on any atom is -0.384 e. The fourth-order valence-electron chi connectivity index (χ4n) is 0.983. The molecule has 0 aromatic heterocycles. The summed E-state index contributed by atoms with van der Waals surface area (Å²) in [5.41, 5.74) is 0.310. The average Bonchev–Trinajstić information content (AvgIpc) is 2.20. The zero-order valence-corrected chi connectivity index (χ0v) is 10.9. The molecule has 0 aliphatic heterocycles. The minimum absolute atomic E-state index is 0.109. The van der Waals surface area contributed by atoms with E-state index >= 15 is 0 Å². The van der Waals surface area contributed by atoms with Crippen LogP contribution in [0.5, 0.6) is 0 Å². The number of ether oxygens (including phenoxy) is 1. The molecule has 0 radical (unpaired) electrons. The first-order valence-electron chi connectivity index (χ1n) is 4.39. The van der Waals surface area contributed by atoms with Gasteiger partial charge in [0.25, 0.3) is 0 Å². The Bertz CT molecular complexity index is 464. The molecule has 0 aliphatic rings. The van der Waals surface area contributed by atoms with Crippen molar-refractivity contribution in [2.75, 3.05) is 24.2 Å². The van der Waals surface area contributed by atoms with Crippen LogP contribution < -0.4 is 4.72 Å². The summed E-state index contributed by atoms with van der Waals surface area (Å²) in [5.74, 6) is -0.585. The lowest BCUT2D eigenvalue weighted by Gasteiger charge is -2.07. The van der Waals surface area contributed by atoms with Crippen LogP contribution in [0.3, 0.4) is 0 Å². The molecule has 7 heteroatoms. The van der Waals surface area contributed by atoms with E-state index in [1.165, 1.54) is 25.3 Å². The highest BCUT2D eigenvalue weighted by molar-refractivity contribution is 9.10. The minimum atomic E-state index is -3.44. The normalized spacial score (nSPS) is 11.4. The van der Waals surface area contributed by atoms with Gasteiger partial charge < -0.3 is 4.74 Å². The van der Waals surface area contributed by atoms with Crippen molar-refractivity contribution in [3.63, 3.8) is 0 Å². The Morgan fingerprint density at radius 2 is 2.19 bits per heavy atom. The lowest BCUT2D eigenvalue weighted by atomic mass is 10.3. The predicted molar refractivity (Wildman–Crippen MR) is 63.4 cm³/mol. The maximum atomic E-state index is 12.9. The monoisotopic (exact) mass is 311 g/mol. The van der Waals surface area contributed by atoms with Gasteiger partial charge in [-0.05, 0) is 34.1 Å². The molecule has 0 aliphatic carbocycles. The van der Waals surface area contributed by atoms with Crippen LogP contribution in [0, 0.1) is 5.82 Å². The first-order chi connectivity index (χ1) is 7.44. The topological polar surface area (TPSA) is 55.4 Å². The van der Waals surface area contributed by atoms with E-state index in [1.54, 1.807) is 0 Å². The zero-order valence-electron chi connectivity index (χ0n) is 8.54. The first-order valence-corrected chi connectivity index (χ1v) is 6.83. The molecule has 4 nitrogen and oxygen atoms in total. The molecular formula is C9H11BrFNO3S. The van der Waals surface area contributed by atoms with E-state index in [0.29, 0.717) is 5.69 Å². The van der Waals surface area contributed by atoms with Crippen LogP contribution >= 0.6 is 15.9 Å². The second kappa shape index (κ2) is 5.60. The van der Waals surface area contributed by atoms with Crippen molar-refractivity contribution >= 4 is 31.6 Å². The lowest BCUT2D eigenvalue weighted by molar-refractivity contribution is 0.217. The molecule has 16 heavy (non-hydrogen) atoms. The first kappa shape index (κ1) is 13.4. The molecule has 0 saturated carbocycles. The van der Waals surface area contributed by atoms with Gasteiger partial charge in [0, 0.05) is 12.8 Å². The number of rotatable bonds is 5. The van der Waals surface area contributed by atoms with Crippen molar-refractivity contribution < 1.29 is 17.5 Å². The van der Waals surface area contributed by atoms with Gasteiger partial charge in [-0.15, -0.1) is 0 Å². The molecular weight excluding hydrogens is 301 g/mol. The summed E-state index contributed by atoms with van der Waals surface area (Å²) >= 11 is 2.97. The van der Waals surface area contributed by atoms with Gasteiger partial charge >= 0.3 is 0 Å². The van der Waals surface area contributed by atoms with Crippen LogP contribution in [0.2, 0.25) is 0 Å². The second-order valence-electron chi connectivity index (χ2n) is 3.04. The summed E-state index contributed by atoms with van der Waals surface area (Å²) in [6.07, 6.45) is 0. The molecule has 1 N–H and O–H groups in total. The Morgan fingerprint density at radius 3 is 2.75 bits per heavy atom. The standard InChI is InChI=1S/C9H11BrFNO3S/c1-15-4-5-16(13,14)12-7-2-3-9(11)8(10)6-7/h2-3,6,12H,4-5H2,1H3. The summed E-state index contributed by atoms with van der Waals surface area (Å²) in [6, 6.07) is 3.89. The zero-order chi connectivity index (χ0) is 12.2. The number of hydrogen-bond acceptors (Lipinski definition) is 3. The highest BCUT2D eigenvalue weighted by Crippen LogP contribution is 2.20. The molecule has 1 rings (SSSR count). The summed E-state index contributed by atoms with van der Waals surface area (Å²) in [4.78, 5) is 0. The van der Waals surface area contributed by atoms with Crippen LogP contribution in [0.25, 0.3) is 0 Å². The fourth-order valence-corrected chi connectivity index (χ4v) is 2.34. The number of hydrogen-bond donors (Lipinski definition) is 1. The smallest absolute Gasteiger partial charge is 0.234 e. The Kier molecular flexibility index (Phi) is 4.69. The summed E-state index contributed by atoms with van der Waals surface area (Å²) in [7, 11) is -2.02. The summed E-state index contributed by atoms with van der Waals surface area (Å²) in [5, 5.41) is 0. The largest absolute Gasteiger partial charge is 0.384 e. The second-order valence-corrected chi connectivity index (χ2v) is 5.74. The molecule has 0 heterocycles. The van der Waals surface area contributed by atoms with E-state index in [-0.39, 0.29) is 16.8 Å². The molecule has 1 aromatic carbocycles. The molecule has 0 unspecified atom stereocenters. The van der Waals surface area contributed by atoms with E-state index < -0.39 is 15.8 Å². The molecule has 0 spiro atoms. The molecule has 90 valence electrons. The van der Waals surface area contributed by atoms with Gasteiger partial charge in [0.05, 0.1) is 16.8 Å². The van der Waals surface area contributed by atoms with Gasteiger partial charge in [0.15, 0.2) is 0 Å². The molecule has 0 saturated heterocycles. The Labute approximate surface area is 102 Å². The maximum absolute atomic E-state index is 12.9. The summed E-state index contributed by atoms with van der Waals surface area (Å²) in [6.45, 7) is 0.109. The highest BCUT2D eigenvalue weighted by atomic mass is 79.9. The Hall–Kier alpha value is -0.660. The number of anilines is 1. The van der Waals surface area contributed by atoms with E-state index in [1.807, 2.05) is 0 Å². The van der Waals surface area contributed by atoms with Gasteiger partial charge in [-0.1, -0.05) is 0 Å². The number of nitrogens with one attached hydrogen (secondary N) is 1. The van der Waals surface area contributed by atoms with Crippen LogP contribution in [-0.4, -0.2) is 27.9 Å². The van der Waals surface area contributed by atoms with Gasteiger partial charge in [-0.2, -0.15) is 0 Å². The van der Waals surface area contributed by atoms with E-state index in [4.69, 9.17) is 0 Å². The van der Waals surface area contributed by atoms with Crippen LogP contribution in [0.1, 0.15) is 0 Å². The quantitative estimate of drug-likeness (QED) is 0.904. The number of sulfonamides is 1. The van der Waals surface area contributed by atoms with Crippen molar-refractivity contribution in [2.45, 2.75) is 0 Å². The van der Waals surface area contributed by atoms with Gasteiger partial charge in [0.2, 0.25) is 10.0 Å². The third kappa shape index (κ3) is 4.07. The van der Waals surface area contributed by atoms with E-state index in [0.717, 1.165) is 0 Å². The van der Waals surface area contributed by atoms with Crippen LogP contribution in [0.4, 0.5) is 10.1 Å². The number of halogens is 2. The molecule has 0 fully saturated rings. The predicted octanol–water partition coefficient (Wildman–Crippen LogP) is 1.98.